The molecule has 5 rings (SSSR count). The maximum Gasteiger partial charge on any atom is 0.263 e. The van der Waals surface area contributed by atoms with Crippen LogP contribution in [0.15, 0.2) is 47.6 Å². The molecular formula is C22H18Cl2N4O2S. The third-order valence-electron chi connectivity index (χ3n) is 5.43. The van der Waals surface area contributed by atoms with E-state index in [1.807, 2.05) is 12.1 Å². The second-order valence-corrected chi connectivity index (χ2v) is 9.24. The van der Waals surface area contributed by atoms with Crippen LogP contribution in [-0.4, -0.2) is 33.0 Å². The number of carbonyl (C=O) groups is 1. The quantitative estimate of drug-likeness (QED) is 0.517. The van der Waals surface area contributed by atoms with Crippen molar-refractivity contribution in [1.29, 1.82) is 0 Å². The van der Waals surface area contributed by atoms with Gasteiger partial charge < -0.3 is 10.4 Å². The smallest absolute Gasteiger partial charge is 0.263 e. The Kier molecular flexibility index (Phi) is 5.52. The second-order valence-electron chi connectivity index (χ2n) is 7.49. The molecule has 2 heterocycles. The predicted molar refractivity (Wildman–Crippen MR) is 124 cm³/mol. The lowest BCUT2D eigenvalue weighted by molar-refractivity contribution is 0.0985. The minimum Gasteiger partial charge on any atom is -0.393 e. The fourth-order valence-corrected chi connectivity index (χ4v) is 5.41. The van der Waals surface area contributed by atoms with E-state index < -0.39 is 0 Å². The number of hydrogen-bond acceptors (Lipinski definition) is 6. The van der Waals surface area contributed by atoms with Crippen LogP contribution in [-0.2, 0) is 12.8 Å². The number of carbonyl (C=O) groups excluding carboxylic acids is 1. The molecule has 0 spiro atoms. The number of aryl methyl sites for hydroxylation is 1. The van der Waals surface area contributed by atoms with Crippen molar-refractivity contribution in [2.45, 2.75) is 30.4 Å². The summed E-state index contributed by atoms with van der Waals surface area (Å²) in [5.74, 6) is 0.550. The molecule has 6 nitrogen and oxygen atoms in total. The largest absolute Gasteiger partial charge is 0.393 e. The third kappa shape index (κ3) is 3.99. The van der Waals surface area contributed by atoms with Gasteiger partial charge in [-0.3, -0.25) is 9.69 Å². The first-order chi connectivity index (χ1) is 15.0. The van der Waals surface area contributed by atoms with E-state index in [9.17, 15) is 9.90 Å². The first-order valence-electron chi connectivity index (χ1n) is 9.82. The second kappa shape index (κ2) is 8.31. The molecule has 1 aromatic heterocycles. The van der Waals surface area contributed by atoms with Gasteiger partial charge in [0.05, 0.1) is 33.3 Å². The number of hydrogen-bond donors (Lipinski definition) is 2. The number of aliphatic hydroxyl groups excluding tert-OH is 1. The molecular weight excluding hydrogens is 455 g/mol. The van der Waals surface area contributed by atoms with Gasteiger partial charge in [0.1, 0.15) is 5.03 Å². The van der Waals surface area contributed by atoms with Gasteiger partial charge in [-0.25, -0.2) is 9.97 Å². The van der Waals surface area contributed by atoms with E-state index in [0.717, 1.165) is 18.5 Å². The Labute approximate surface area is 193 Å². The van der Waals surface area contributed by atoms with Crippen LogP contribution in [0.1, 0.15) is 27.9 Å². The van der Waals surface area contributed by atoms with Crippen LogP contribution in [0.5, 0.6) is 0 Å². The number of benzene rings is 2. The van der Waals surface area contributed by atoms with Gasteiger partial charge in [-0.05, 0) is 54.7 Å². The molecule has 3 aromatic rings. The number of anilines is 3. The summed E-state index contributed by atoms with van der Waals surface area (Å²) in [7, 11) is 0. The molecule has 2 N–H and O–H groups in total. The number of thioether (sulfide) groups is 1. The normalized spacial score (nSPS) is 17.8. The monoisotopic (exact) mass is 472 g/mol. The number of rotatable bonds is 3. The molecule has 1 aliphatic heterocycles. The highest BCUT2D eigenvalue weighted by Gasteiger charge is 2.30. The molecule has 0 saturated heterocycles. The first kappa shape index (κ1) is 20.6. The predicted octanol–water partition coefficient (Wildman–Crippen LogP) is 5.09. The lowest BCUT2D eigenvalue weighted by Crippen LogP contribution is -2.35. The van der Waals surface area contributed by atoms with Gasteiger partial charge in [0, 0.05) is 11.9 Å². The van der Waals surface area contributed by atoms with E-state index in [-0.39, 0.29) is 12.0 Å². The van der Waals surface area contributed by atoms with Gasteiger partial charge in [-0.2, -0.15) is 0 Å². The lowest BCUT2D eigenvalue weighted by Gasteiger charge is -2.28. The van der Waals surface area contributed by atoms with Crippen molar-refractivity contribution in [2.75, 3.05) is 16.1 Å². The number of aromatic nitrogens is 2. The number of para-hydroxylation sites is 1. The highest BCUT2D eigenvalue weighted by Crippen LogP contribution is 2.39. The SMILES string of the molecule is O=C1c2cnc(Nc3ccc4c(c3)CCC(O)C4)nc2SCN1c1c(Cl)cccc1Cl. The maximum absolute atomic E-state index is 13.1. The zero-order valence-electron chi connectivity index (χ0n) is 16.3. The van der Waals surface area contributed by atoms with Crippen molar-refractivity contribution < 1.29 is 9.90 Å². The molecule has 31 heavy (non-hydrogen) atoms. The summed E-state index contributed by atoms with van der Waals surface area (Å²) in [6.45, 7) is 0. The van der Waals surface area contributed by atoms with Crippen LogP contribution in [0.2, 0.25) is 10.0 Å². The molecule has 0 radical (unpaired) electrons. The van der Waals surface area contributed by atoms with E-state index >= 15 is 0 Å². The Morgan fingerprint density at radius 3 is 2.77 bits per heavy atom. The Hall–Kier alpha value is -2.32. The molecule has 9 heteroatoms. The Morgan fingerprint density at radius 1 is 1.16 bits per heavy atom. The van der Waals surface area contributed by atoms with Crippen molar-refractivity contribution in [3.8, 4) is 0 Å². The Balaban J connectivity index is 1.38. The zero-order valence-corrected chi connectivity index (χ0v) is 18.6. The van der Waals surface area contributed by atoms with Crippen molar-refractivity contribution >= 4 is 58.2 Å². The van der Waals surface area contributed by atoms with Crippen LogP contribution < -0.4 is 10.2 Å². The zero-order chi connectivity index (χ0) is 21.5. The summed E-state index contributed by atoms with van der Waals surface area (Å²) in [6.07, 6.45) is 3.59. The molecule has 1 amide bonds. The van der Waals surface area contributed by atoms with E-state index in [1.165, 1.54) is 29.1 Å². The molecule has 1 aliphatic carbocycles. The molecule has 0 bridgehead atoms. The highest BCUT2D eigenvalue weighted by atomic mass is 35.5. The van der Waals surface area contributed by atoms with Gasteiger partial charge in [0.2, 0.25) is 5.95 Å². The van der Waals surface area contributed by atoms with Crippen LogP contribution in [0.4, 0.5) is 17.3 Å². The van der Waals surface area contributed by atoms with Crippen molar-refractivity contribution in [3.05, 3.63) is 69.3 Å². The summed E-state index contributed by atoms with van der Waals surface area (Å²) in [5.41, 5.74) is 4.19. The summed E-state index contributed by atoms with van der Waals surface area (Å²) < 4.78 is 0. The van der Waals surface area contributed by atoms with E-state index in [2.05, 4.69) is 21.4 Å². The van der Waals surface area contributed by atoms with Gasteiger partial charge in [0.15, 0.2) is 0 Å². The lowest BCUT2D eigenvalue weighted by atomic mass is 9.89. The Bertz CT molecular complexity index is 1170. The van der Waals surface area contributed by atoms with E-state index in [1.54, 1.807) is 23.1 Å². The molecule has 1 unspecified atom stereocenters. The summed E-state index contributed by atoms with van der Waals surface area (Å²) in [4.78, 5) is 23.5. The fraction of sp³-hybridized carbons (Fsp3) is 0.227. The number of amides is 1. The van der Waals surface area contributed by atoms with Gasteiger partial charge in [0.25, 0.3) is 5.91 Å². The minimum absolute atomic E-state index is 0.234. The molecule has 2 aliphatic rings. The van der Waals surface area contributed by atoms with Crippen molar-refractivity contribution in [2.24, 2.45) is 0 Å². The van der Waals surface area contributed by atoms with Gasteiger partial charge in [-0.15, -0.1) is 0 Å². The molecule has 158 valence electrons. The van der Waals surface area contributed by atoms with Gasteiger partial charge >= 0.3 is 0 Å². The maximum atomic E-state index is 13.1. The number of aliphatic hydroxyl groups is 1. The van der Waals surface area contributed by atoms with Crippen molar-refractivity contribution in [1.82, 2.24) is 9.97 Å². The molecule has 1 atom stereocenters. The Morgan fingerprint density at radius 2 is 1.97 bits per heavy atom. The average Bonchev–Trinajstić information content (AvgIpc) is 2.75. The van der Waals surface area contributed by atoms with Crippen LogP contribution >= 0.6 is 35.0 Å². The molecule has 0 saturated carbocycles. The first-order valence-corrected chi connectivity index (χ1v) is 11.6. The van der Waals surface area contributed by atoms with Crippen LogP contribution in [0.25, 0.3) is 0 Å². The molecule has 0 fully saturated rings. The number of nitrogens with zero attached hydrogens (tertiary/aromatic N) is 3. The highest BCUT2D eigenvalue weighted by molar-refractivity contribution is 7.99. The van der Waals surface area contributed by atoms with E-state index in [4.69, 9.17) is 23.2 Å². The summed E-state index contributed by atoms with van der Waals surface area (Å²) >= 11 is 14.0. The van der Waals surface area contributed by atoms with Crippen LogP contribution in [0, 0.1) is 0 Å². The standard InChI is InChI=1S/C22H18Cl2N4O2S/c23-17-2-1-3-18(24)19(17)28-11-31-20-16(21(28)30)10-25-22(27-20)26-14-6-4-13-9-15(29)7-5-12(13)8-14/h1-4,6,8,10,15,29H,5,7,9,11H2,(H,25,26,27). The molecule has 2 aromatic carbocycles. The van der Waals surface area contributed by atoms with E-state index in [0.29, 0.717) is 44.6 Å². The summed E-state index contributed by atoms with van der Waals surface area (Å²) in [5, 5.41) is 14.5. The van der Waals surface area contributed by atoms with Crippen molar-refractivity contribution in [3.63, 3.8) is 0 Å². The fourth-order valence-electron chi connectivity index (χ4n) is 3.87. The third-order valence-corrected chi connectivity index (χ3v) is 7.01. The van der Waals surface area contributed by atoms with Crippen LogP contribution in [0.3, 0.4) is 0 Å². The average molecular weight is 473 g/mol. The van der Waals surface area contributed by atoms with Gasteiger partial charge in [-0.1, -0.05) is 47.1 Å². The number of fused-ring (bicyclic) bond motifs is 2. The minimum atomic E-state index is -0.259. The number of halogens is 2. The number of nitrogens with one attached hydrogen (secondary N) is 1. The topological polar surface area (TPSA) is 78.3 Å². The summed E-state index contributed by atoms with van der Waals surface area (Å²) in [6, 6.07) is 11.2.